The van der Waals surface area contributed by atoms with Gasteiger partial charge in [0.1, 0.15) is 11.3 Å². The van der Waals surface area contributed by atoms with Gasteiger partial charge in [0, 0.05) is 31.9 Å². The molecule has 0 aliphatic heterocycles. The Balaban J connectivity index is 0. The number of aromatic amines is 1. The fraction of sp³-hybridized carbons (Fsp3) is 0. The topological polar surface area (TPSA) is 73.3 Å². The Kier molecular flexibility index (Phi) is 10.6. The molecule has 1 heterocycles. The van der Waals surface area contributed by atoms with Crippen LogP contribution in [0.4, 0.5) is 0 Å². The molecule has 2 rings (SSSR count). The van der Waals surface area contributed by atoms with Crippen molar-refractivity contribution in [2.24, 2.45) is 0 Å². The second kappa shape index (κ2) is 9.93. The molecule has 0 unspecified atom stereocenters. The summed E-state index contributed by atoms with van der Waals surface area (Å²) in [6.07, 6.45) is 3.75. The van der Waals surface area contributed by atoms with Crippen LogP contribution in [0.25, 0.3) is 0 Å². The molecule has 0 saturated heterocycles. The number of rotatable bonds is 1. The molecule has 3 N–H and O–H groups in total. The van der Waals surface area contributed by atoms with Gasteiger partial charge < -0.3 is 15.2 Å². The van der Waals surface area contributed by atoms with Crippen molar-refractivity contribution in [3.05, 3.63) is 54.4 Å². The number of benzene rings is 1. The van der Waals surface area contributed by atoms with Crippen LogP contribution in [0.1, 0.15) is 10.4 Å². The van der Waals surface area contributed by atoms with Gasteiger partial charge in [0.05, 0.1) is 0 Å². The summed E-state index contributed by atoms with van der Waals surface area (Å²) in [5.74, 6) is -1.31. The van der Waals surface area contributed by atoms with Crippen molar-refractivity contribution < 1.29 is 34.5 Å². The maximum absolute atomic E-state index is 10.3. The fourth-order valence-electron chi connectivity index (χ4n) is 0.932. The molecule has 6 heteroatoms. The first-order valence-electron chi connectivity index (χ1n) is 4.31. The summed E-state index contributed by atoms with van der Waals surface area (Å²) < 4.78 is 0. The average Bonchev–Trinajstić information content (AvgIpc) is 2.75. The van der Waals surface area contributed by atoms with Crippen molar-refractivity contribution in [3.63, 3.8) is 0 Å². The zero-order chi connectivity index (χ0) is 11.1. The van der Waals surface area contributed by atoms with Crippen LogP contribution in [-0.2, 0) is 19.5 Å². The first kappa shape index (κ1) is 18.1. The van der Waals surface area contributed by atoms with E-state index in [0.29, 0.717) is 0 Å². The van der Waals surface area contributed by atoms with E-state index in [9.17, 15) is 4.79 Å². The number of carboxylic acids is 1. The zero-order valence-corrected chi connectivity index (χ0v) is 13.1. The van der Waals surface area contributed by atoms with Gasteiger partial charge in [-0.2, -0.15) is 13.5 Å². The summed E-state index contributed by atoms with van der Waals surface area (Å²) in [6, 6.07) is 9.70. The van der Waals surface area contributed by atoms with Gasteiger partial charge >= 0.3 is 5.97 Å². The molecule has 0 fully saturated rings. The molecule has 0 bridgehead atoms. The summed E-state index contributed by atoms with van der Waals surface area (Å²) in [7, 11) is 0. The van der Waals surface area contributed by atoms with Gasteiger partial charge in [-0.15, -0.1) is 0 Å². The Morgan fingerprint density at radius 3 is 1.88 bits per heavy atom. The zero-order valence-electron chi connectivity index (χ0n) is 9.13. The second-order valence-corrected chi connectivity index (χ2v) is 2.71. The van der Waals surface area contributed by atoms with Crippen molar-refractivity contribution in [1.82, 2.24) is 4.98 Å². The number of aromatic carboxylic acids is 1. The van der Waals surface area contributed by atoms with E-state index in [2.05, 4.69) is 4.98 Å². The third-order valence-corrected chi connectivity index (χ3v) is 1.63. The molecule has 0 spiro atoms. The first-order chi connectivity index (χ1) is 7.22. The smallest absolute Gasteiger partial charge is 0.339 e. The molecular weight excluding hydrogens is 292 g/mol. The average molecular weight is 305 g/mol. The normalized spacial score (nSPS) is 7.76. The third kappa shape index (κ3) is 6.82. The van der Waals surface area contributed by atoms with Crippen molar-refractivity contribution in [2.75, 3.05) is 0 Å². The Labute approximate surface area is 119 Å². The Morgan fingerprint density at radius 2 is 1.59 bits per heavy atom. The van der Waals surface area contributed by atoms with Crippen LogP contribution in [0, 0.1) is 0 Å². The number of aromatic nitrogens is 1. The van der Waals surface area contributed by atoms with Crippen molar-refractivity contribution in [3.8, 4) is 5.75 Å². The van der Waals surface area contributed by atoms with E-state index in [-0.39, 0.29) is 44.3 Å². The molecule has 4 nitrogen and oxygen atoms in total. The summed E-state index contributed by atoms with van der Waals surface area (Å²) >= 11 is 0. The van der Waals surface area contributed by atoms with E-state index in [1.807, 2.05) is 24.5 Å². The van der Waals surface area contributed by atoms with Crippen LogP contribution in [0.15, 0.2) is 48.8 Å². The number of para-hydroxylation sites is 1. The molecule has 0 saturated carbocycles. The van der Waals surface area contributed by atoms with Crippen molar-refractivity contribution >= 4 is 19.5 Å². The minimum absolute atomic E-state index is 0. The minimum atomic E-state index is -1.11. The molecule has 0 atom stereocenters. The van der Waals surface area contributed by atoms with E-state index < -0.39 is 5.97 Å². The van der Waals surface area contributed by atoms with Crippen LogP contribution in [0.3, 0.4) is 0 Å². The summed E-state index contributed by atoms with van der Waals surface area (Å²) in [4.78, 5) is 13.1. The van der Waals surface area contributed by atoms with Gasteiger partial charge in [-0.3, -0.25) is 0 Å². The minimum Gasteiger partial charge on any atom is -0.507 e. The molecular formula is C11H13NO3SZn. The molecule has 2 aromatic rings. The maximum atomic E-state index is 10.3. The number of phenols is 1. The molecule has 1 aromatic heterocycles. The van der Waals surface area contributed by atoms with Gasteiger partial charge in [0.15, 0.2) is 0 Å². The van der Waals surface area contributed by atoms with E-state index in [1.54, 1.807) is 12.1 Å². The number of nitrogens with one attached hydrogen (secondary N) is 1. The van der Waals surface area contributed by atoms with E-state index in [1.165, 1.54) is 12.1 Å². The number of hydrogen-bond donors (Lipinski definition) is 3. The molecule has 0 aliphatic carbocycles. The van der Waals surface area contributed by atoms with Crippen LogP contribution >= 0.6 is 13.5 Å². The molecule has 17 heavy (non-hydrogen) atoms. The van der Waals surface area contributed by atoms with Gasteiger partial charge in [-0.1, -0.05) is 12.1 Å². The number of carboxylic acid groups (broad SMARTS) is 1. The summed E-state index contributed by atoms with van der Waals surface area (Å²) in [5, 5.41) is 17.3. The number of carbonyl (C=O) groups is 1. The van der Waals surface area contributed by atoms with Gasteiger partial charge in [0.25, 0.3) is 0 Å². The van der Waals surface area contributed by atoms with E-state index in [4.69, 9.17) is 10.2 Å². The van der Waals surface area contributed by atoms with Crippen molar-refractivity contribution in [1.29, 1.82) is 0 Å². The van der Waals surface area contributed by atoms with Gasteiger partial charge in [0.2, 0.25) is 0 Å². The quantitative estimate of drug-likeness (QED) is 0.707. The van der Waals surface area contributed by atoms with Gasteiger partial charge in [-0.25, -0.2) is 4.79 Å². The Hall–Kier alpha value is -1.26. The number of H-pyrrole nitrogens is 1. The molecule has 0 aliphatic rings. The molecule has 88 valence electrons. The Morgan fingerprint density at radius 1 is 1.06 bits per heavy atom. The summed E-state index contributed by atoms with van der Waals surface area (Å²) in [5.41, 5.74) is -0.0671. The predicted molar refractivity (Wildman–Crippen MR) is 66.2 cm³/mol. The molecule has 1 aromatic carbocycles. The molecule has 0 radical (unpaired) electrons. The monoisotopic (exact) mass is 303 g/mol. The largest absolute Gasteiger partial charge is 0.507 e. The summed E-state index contributed by atoms with van der Waals surface area (Å²) in [6.45, 7) is 0. The van der Waals surface area contributed by atoms with E-state index in [0.717, 1.165) is 0 Å². The van der Waals surface area contributed by atoms with Crippen molar-refractivity contribution in [2.45, 2.75) is 0 Å². The Bertz CT molecular complexity index is 403. The maximum Gasteiger partial charge on any atom is 0.339 e. The molecule has 0 amide bonds. The number of aromatic hydroxyl groups is 1. The standard InChI is InChI=1S/C7H6O3.C4H5N.H2S.Zn/c8-6-4-2-1-3-5(6)7(9)10;1-2-4-5-3-1;;/h1-4,8H,(H,9,10);1-5H;1H2;. The SMILES string of the molecule is O=C(O)c1ccccc1O.S.[Zn].c1cc[nH]c1. The fourth-order valence-corrected chi connectivity index (χ4v) is 0.932. The van der Waals surface area contributed by atoms with E-state index >= 15 is 0 Å². The van der Waals surface area contributed by atoms with Crippen LogP contribution in [-0.4, -0.2) is 21.2 Å². The third-order valence-electron chi connectivity index (χ3n) is 1.63. The van der Waals surface area contributed by atoms with Crippen LogP contribution in [0.5, 0.6) is 5.75 Å². The second-order valence-electron chi connectivity index (χ2n) is 2.71. The number of hydrogen-bond acceptors (Lipinski definition) is 2. The van der Waals surface area contributed by atoms with Crippen LogP contribution < -0.4 is 0 Å². The first-order valence-corrected chi connectivity index (χ1v) is 4.31. The predicted octanol–water partition coefficient (Wildman–Crippen LogP) is 2.22. The van der Waals surface area contributed by atoms with Crippen LogP contribution in [0.2, 0.25) is 0 Å². The van der Waals surface area contributed by atoms with Gasteiger partial charge in [-0.05, 0) is 24.3 Å².